The van der Waals surface area contributed by atoms with Crippen LogP contribution in [0.25, 0.3) is 0 Å². The van der Waals surface area contributed by atoms with Gasteiger partial charge in [0.25, 0.3) is 0 Å². The molecule has 1 atom stereocenters. The number of hydrogen-bond donors (Lipinski definition) is 0. The van der Waals surface area contributed by atoms with E-state index in [4.69, 9.17) is 4.74 Å². The van der Waals surface area contributed by atoms with Crippen molar-refractivity contribution in [2.24, 2.45) is 5.92 Å². The largest absolute Gasteiger partial charge is 0.381 e. The molecular weight excluding hydrogens is 267 g/mol. The molecule has 3 nitrogen and oxygen atoms in total. The molecule has 3 rings (SSSR count). The van der Waals surface area contributed by atoms with Crippen molar-refractivity contribution < 1.29 is 9.13 Å². The van der Waals surface area contributed by atoms with Crippen molar-refractivity contribution in [2.75, 3.05) is 44.8 Å². The average Bonchev–Trinajstić information content (AvgIpc) is 3.13. The Bertz CT molecular complexity index is 468. The van der Waals surface area contributed by atoms with Crippen molar-refractivity contribution in [3.05, 3.63) is 29.6 Å². The van der Waals surface area contributed by atoms with Crippen LogP contribution in [-0.2, 0) is 11.3 Å². The Labute approximate surface area is 126 Å². The second kappa shape index (κ2) is 6.75. The van der Waals surface area contributed by atoms with Gasteiger partial charge in [0.1, 0.15) is 5.82 Å². The fourth-order valence-electron chi connectivity index (χ4n) is 3.46. The number of hydrogen-bond acceptors (Lipinski definition) is 3. The minimum Gasteiger partial charge on any atom is -0.381 e. The molecule has 0 unspecified atom stereocenters. The molecule has 0 radical (unpaired) electrons. The fourth-order valence-corrected chi connectivity index (χ4v) is 3.46. The molecule has 2 aliphatic rings. The van der Waals surface area contributed by atoms with Crippen molar-refractivity contribution in [1.82, 2.24) is 4.90 Å². The van der Waals surface area contributed by atoms with Crippen LogP contribution in [0.1, 0.15) is 24.8 Å². The molecular formula is C17H25FN2O. The molecule has 0 spiro atoms. The van der Waals surface area contributed by atoms with E-state index in [0.717, 1.165) is 50.5 Å². The highest BCUT2D eigenvalue weighted by atomic mass is 19.1. The third kappa shape index (κ3) is 3.55. The summed E-state index contributed by atoms with van der Waals surface area (Å²) in [5, 5.41) is 0. The van der Waals surface area contributed by atoms with Gasteiger partial charge in [0, 0.05) is 44.0 Å². The van der Waals surface area contributed by atoms with E-state index in [1.54, 1.807) is 6.07 Å². The molecule has 1 aromatic rings. The van der Waals surface area contributed by atoms with Crippen molar-refractivity contribution in [3.8, 4) is 0 Å². The van der Waals surface area contributed by atoms with E-state index in [1.807, 2.05) is 6.07 Å². The normalized spacial score (nSPS) is 22.4. The zero-order valence-corrected chi connectivity index (χ0v) is 12.9. The smallest absolute Gasteiger partial charge is 0.129 e. The molecule has 0 bridgehead atoms. The summed E-state index contributed by atoms with van der Waals surface area (Å²) in [7, 11) is 2.08. The lowest BCUT2D eigenvalue weighted by atomic mass is 10.1. The Hall–Kier alpha value is -1.13. The van der Waals surface area contributed by atoms with E-state index in [9.17, 15) is 4.39 Å². The minimum absolute atomic E-state index is 0.0751. The molecule has 2 fully saturated rings. The van der Waals surface area contributed by atoms with Gasteiger partial charge in [-0.15, -0.1) is 0 Å². The highest BCUT2D eigenvalue weighted by molar-refractivity contribution is 5.54. The average molecular weight is 292 g/mol. The summed E-state index contributed by atoms with van der Waals surface area (Å²) in [5.41, 5.74) is 1.93. The van der Waals surface area contributed by atoms with Gasteiger partial charge in [-0.2, -0.15) is 0 Å². The van der Waals surface area contributed by atoms with Gasteiger partial charge >= 0.3 is 0 Å². The molecule has 1 aromatic carbocycles. The van der Waals surface area contributed by atoms with Gasteiger partial charge in [0.05, 0.1) is 6.61 Å². The zero-order chi connectivity index (χ0) is 14.7. The number of nitrogens with zero attached hydrogens (tertiary/aromatic N) is 2. The van der Waals surface area contributed by atoms with Crippen LogP contribution in [-0.4, -0.2) is 44.8 Å². The topological polar surface area (TPSA) is 15.7 Å². The summed E-state index contributed by atoms with van der Waals surface area (Å²) < 4.78 is 19.7. The first-order valence-electron chi connectivity index (χ1n) is 8.02. The van der Waals surface area contributed by atoms with Gasteiger partial charge in [-0.3, -0.25) is 0 Å². The summed E-state index contributed by atoms with van der Waals surface area (Å²) in [6.07, 6.45) is 3.55. The van der Waals surface area contributed by atoms with Gasteiger partial charge in [-0.05, 0) is 44.4 Å². The zero-order valence-electron chi connectivity index (χ0n) is 12.9. The second-order valence-corrected chi connectivity index (χ2v) is 6.36. The Balaban J connectivity index is 1.70. The lowest BCUT2D eigenvalue weighted by Crippen LogP contribution is -2.28. The molecule has 0 saturated carbocycles. The molecule has 2 saturated heterocycles. The van der Waals surface area contributed by atoms with Gasteiger partial charge in [0.15, 0.2) is 0 Å². The SMILES string of the molecule is CN(Cc1c(F)cccc1N1CCCC1)C[C@H]1CCOC1. The van der Waals surface area contributed by atoms with Crippen LogP contribution in [0, 0.1) is 11.7 Å². The Morgan fingerprint density at radius 3 is 2.86 bits per heavy atom. The van der Waals surface area contributed by atoms with Crippen molar-refractivity contribution in [2.45, 2.75) is 25.8 Å². The summed E-state index contributed by atoms with van der Waals surface area (Å²) in [5.74, 6) is 0.519. The van der Waals surface area contributed by atoms with E-state index in [2.05, 4.69) is 22.9 Å². The Morgan fingerprint density at radius 2 is 2.14 bits per heavy atom. The van der Waals surface area contributed by atoms with Crippen LogP contribution in [0.4, 0.5) is 10.1 Å². The van der Waals surface area contributed by atoms with Crippen LogP contribution in [0.5, 0.6) is 0 Å². The van der Waals surface area contributed by atoms with Gasteiger partial charge in [-0.25, -0.2) is 4.39 Å². The molecule has 2 aliphatic heterocycles. The summed E-state index contributed by atoms with van der Waals surface area (Å²) in [6, 6.07) is 5.48. The quantitative estimate of drug-likeness (QED) is 0.830. The highest BCUT2D eigenvalue weighted by Crippen LogP contribution is 2.28. The number of anilines is 1. The Kier molecular flexibility index (Phi) is 4.76. The highest BCUT2D eigenvalue weighted by Gasteiger charge is 2.21. The molecule has 0 aromatic heterocycles. The predicted molar refractivity (Wildman–Crippen MR) is 83.1 cm³/mol. The van der Waals surface area contributed by atoms with E-state index in [-0.39, 0.29) is 5.82 Å². The third-order valence-electron chi connectivity index (χ3n) is 4.56. The fraction of sp³-hybridized carbons (Fsp3) is 0.647. The summed E-state index contributed by atoms with van der Waals surface area (Å²) in [6.45, 7) is 5.48. The number of halogens is 1. The molecule has 21 heavy (non-hydrogen) atoms. The van der Waals surface area contributed by atoms with Crippen LogP contribution in [0.3, 0.4) is 0 Å². The first-order chi connectivity index (χ1) is 10.2. The maximum Gasteiger partial charge on any atom is 0.129 e. The monoisotopic (exact) mass is 292 g/mol. The van der Waals surface area contributed by atoms with Gasteiger partial charge in [-0.1, -0.05) is 6.07 Å². The summed E-state index contributed by atoms with van der Waals surface area (Å²) in [4.78, 5) is 4.56. The van der Waals surface area contributed by atoms with Crippen LogP contribution in [0.2, 0.25) is 0 Å². The van der Waals surface area contributed by atoms with E-state index in [1.165, 1.54) is 12.8 Å². The molecule has 0 N–H and O–H groups in total. The predicted octanol–water partition coefficient (Wildman–Crippen LogP) is 2.89. The molecule has 0 amide bonds. The van der Waals surface area contributed by atoms with E-state index >= 15 is 0 Å². The van der Waals surface area contributed by atoms with Crippen LogP contribution >= 0.6 is 0 Å². The summed E-state index contributed by atoms with van der Waals surface area (Å²) >= 11 is 0. The maximum absolute atomic E-state index is 14.3. The molecule has 0 aliphatic carbocycles. The lowest BCUT2D eigenvalue weighted by molar-refractivity contribution is 0.172. The first kappa shape index (κ1) is 14.8. The molecule has 2 heterocycles. The number of ether oxygens (including phenoxy) is 1. The maximum atomic E-state index is 14.3. The number of rotatable bonds is 5. The molecule has 116 valence electrons. The van der Waals surface area contributed by atoms with Crippen LogP contribution < -0.4 is 4.90 Å². The third-order valence-corrected chi connectivity index (χ3v) is 4.56. The van der Waals surface area contributed by atoms with Crippen molar-refractivity contribution in [1.29, 1.82) is 0 Å². The lowest BCUT2D eigenvalue weighted by Gasteiger charge is -2.26. The minimum atomic E-state index is -0.0751. The van der Waals surface area contributed by atoms with Crippen molar-refractivity contribution in [3.63, 3.8) is 0 Å². The second-order valence-electron chi connectivity index (χ2n) is 6.36. The number of benzene rings is 1. The van der Waals surface area contributed by atoms with E-state index < -0.39 is 0 Å². The van der Waals surface area contributed by atoms with Gasteiger partial charge < -0.3 is 14.5 Å². The Morgan fingerprint density at radius 1 is 1.33 bits per heavy atom. The molecule has 4 heteroatoms. The van der Waals surface area contributed by atoms with Gasteiger partial charge in [0.2, 0.25) is 0 Å². The first-order valence-corrected chi connectivity index (χ1v) is 8.02. The van der Waals surface area contributed by atoms with E-state index in [0.29, 0.717) is 12.5 Å². The van der Waals surface area contributed by atoms with Crippen LogP contribution in [0.15, 0.2) is 18.2 Å². The van der Waals surface area contributed by atoms with Crippen molar-refractivity contribution >= 4 is 5.69 Å². The standard InChI is InChI=1S/C17H25FN2O/c1-19(11-14-7-10-21-13-14)12-15-16(18)5-4-6-17(15)20-8-2-3-9-20/h4-6,14H,2-3,7-13H2,1H3/t14-/m1/s1.